The van der Waals surface area contributed by atoms with E-state index in [-0.39, 0.29) is 17.9 Å². The van der Waals surface area contributed by atoms with E-state index in [1.54, 1.807) is 18.3 Å². The van der Waals surface area contributed by atoms with Crippen molar-refractivity contribution in [3.63, 3.8) is 0 Å². The number of carbonyl (C=O) groups excluding carboxylic acids is 2. The van der Waals surface area contributed by atoms with Crippen LogP contribution in [0, 0.1) is 5.92 Å². The monoisotopic (exact) mass is 427 g/mol. The van der Waals surface area contributed by atoms with Gasteiger partial charge in [-0.15, -0.1) is 0 Å². The van der Waals surface area contributed by atoms with E-state index in [1.807, 2.05) is 35.8 Å². The zero-order chi connectivity index (χ0) is 22.0. The van der Waals surface area contributed by atoms with Gasteiger partial charge in [-0.25, -0.2) is 0 Å². The van der Waals surface area contributed by atoms with E-state index in [4.69, 9.17) is 9.15 Å². The predicted octanol–water partition coefficient (Wildman–Crippen LogP) is 3.69. The van der Waals surface area contributed by atoms with Crippen molar-refractivity contribution in [2.45, 2.75) is 64.1 Å². The van der Waals surface area contributed by atoms with E-state index in [0.29, 0.717) is 43.5 Å². The van der Waals surface area contributed by atoms with Crippen molar-refractivity contribution in [3.05, 3.63) is 36.2 Å². The Kier molecular flexibility index (Phi) is 6.23. The first-order valence-electron chi connectivity index (χ1n) is 11.3. The molecule has 31 heavy (non-hydrogen) atoms. The summed E-state index contributed by atoms with van der Waals surface area (Å²) in [6.07, 6.45) is 6.76. The van der Waals surface area contributed by atoms with Gasteiger partial charge >= 0.3 is 0 Å². The van der Waals surface area contributed by atoms with Crippen molar-refractivity contribution in [2.24, 2.45) is 5.92 Å². The highest BCUT2D eigenvalue weighted by atomic mass is 16.5. The Hall–Kier alpha value is -2.54. The summed E-state index contributed by atoms with van der Waals surface area (Å²) in [4.78, 5) is 28.9. The third-order valence-corrected chi connectivity index (χ3v) is 6.93. The van der Waals surface area contributed by atoms with Crippen molar-refractivity contribution in [1.29, 1.82) is 0 Å². The van der Waals surface area contributed by atoms with Gasteiger partial charge in [-0.1, -0.05) is 19.8 Å². The third-order valence-electron chi connectivity index (χ3n) is 6.93. The molecule has 2 aromatic rings. The van der Waals surface area contributed by atoms with Crippen LogP contribution in [0.5, 0.6) is 0 Å². The molecule has 1 saturated carbocycles. The normalized spacial score (nSPS) is 26.0. The summed E-state index contributed by atoms with van der Waals surface area (Å²) in [6.45, 7) is 5.48. The first-order valence-corrected chi connectivity index (χ1v) is 11.3. The number of amides is 2. The first kappa shape index (κ1) is 21.7. The van der Waals surface area contributed by atoms with Gasteiger partial charge in [-0.05, 0) is 56.4 Å². The molecule has 7 nitrogen and oxygen atoms in total. The van der Waals surface area contributed by atoms with Gasteiger partial charge in [0.05, 0.1) is 18.5 Å². The van der Waals surface area contributed by atoms with Crippen molar-refractivity contribution >= 4 is 11.8 Å². The number of carbonyl (C=O) groups is 2. The fourth-order valence-electron chi connectivity index (χ4n) is 4.98. The molecule has 0 spiro atoms. The lowest BCUT2D eigenvalue weighted by molar-refractivity contribution is -0.134. The predicted molar refractivity (Wildman–Crippen MR) is 118 cm³/mol. The van der Waals surface area contributed by atoms with Crippen LogP contribution in [0.25, 0.3) is 11.5 Å². The average molecular weight is 428 g/mol. The van der Waals surface area contributed by atoms with Crippen LogP contribution in [0.3, 0.4) is 0 Å². The van der Waals surface area contributed by atoms with Gasteiger partial charge in [0.1, 0.15) is 17.0 Å². The second kappa shape index (κ2) is 8.91. The van der Waals surface area contributed by atoms with Crippen LogP contribution in [0.1, 0.15) is 56.4 Å². The number of rotatable bonds is 7. The van der Waals surface area contributed by atoms with E-state index >= 15 is 0 Å². The lowest BCUT2D eigenvalue weighted by Gasteiger charge is -2.45. The Balaban J connectivity index is 1.66. The Morgan fingerprint density at radius 3 is 2.74 bits per heavy atom. The molecule has 1 aliphatic carbocycles. The van der Waals surface area contributed by atoms with Crippen LogP contribution in [0.4, 0.5) is 0 Å². The average Bonchev–Trinajstić information content (AvgIpc) is 3.42. The molecule has 2 aliphatic rings. The van der Waals surface area contributed by atoms with Gasteiger partial charge in [0, 0.05) is 26.3 Å². The number of ether oxygens (including phenoxy) is 1. The van der Waals surface area contributed by atoms with Gasteiger partial charge in [-0.2, -0.15) is 0 Å². The smallest absolute Gasteiger partial charge is 0.271 e. The summed E-state index contributed by atoms with van der Waals surface area (Å²) < 4.78 is 12.7. The molecule has 3 heterocycles. The summed E-state index contributed by atoms with van der Waals surface area (Å²) in [5.74, 6) is 0.926. The molecule has 4 rings (SSSR count). The fraction of sp³-hybridized carbons (Fsp3) is 0.583. The van der Waals surface area contributed by atoms with E-state index in [9.17, 15) is 9.59 Å². The molecule has 0 unspecified atom stereocenters. The molecule has 1 N–H and O–H groups in total. The van der Waals surface area contributed by atoms with Crippen LogP contribution in [-0.4, -0.2) is 53.1 Å². The van der Waals surface area contributed by atoms with E-state index in [0.717, 1.165) is 25.0 Å². The minimum absolute atomic E-state index is 0.0817. The summed E-state index contributed by atoms with van der Waals surface area (Å²) in [6, 6.07) is 7.58. The molecule has 0 aromatic carbocycles. The lowest BCUT2D eigenvalue weighted by atomic mass is 9.85. The summed E-state index contributed by atoms with van der Waals surface area (Å²) in [5.41, 5.74) is 0.408. The van der Waals surface area contributed by atoms with Crippen molar-refractivity contribution in [3.8, 4) is 11.5 Å². The number of methoxy groups -OCH3 is 1. The summed E-state index contributed by atoms with van der Waals surface area (Å²) in [7, 11) is 1.65. The molecule has 0 radical (unpaired) electrons. The largest absolute Gasteiger partial charge is 0.463 e. The molecule has 3 atom stereocenters. The van der Waals surface area contributed by atoms with Crippen LogP contribution < -0.4 is 5.32 Å². The van der Waals surface area contributed by atoms with Crippen LogP contribution >= 0.6 is 0 Å². The Labute approximate surface area is 183 Å². The van der Waals surface area contributed by atoms with Crippen LogP contribution in [0.15, 0.2) is 34.9 Å². The topological polar surface area (TPSA) is 76.7 Å². The second-order valence-electron chi connectivity index (χ2n) is 9.09. The van der Waals surface area contributed by atoms with Gasteiger partial charge < -0.3 is 23.9 Å². The Morgan fingerprint density at radius 2 is 2.03 bits per heavy atom. The minimum atomic E-state index is -0.991. The lowest BCUT2D eigenvalue weighted by Crippen LogP contribution is -2.65. The van der Waals surface area contributed by atoms with Gasteiger partial charge in [0.25, 0.3) is 5.91 Å². The molecule has 7 heteroatoms. The minimum Gasteiger partial charge on any atom is -0.463 e. The van der Waals surface area contributed by atoms with Crippen molar-refractivity contribution in [2.75, 3.05) is 20.3 Å². The standard InChI is InChI=1S/C24H33N3O4/c1-17-8-4-5-9-18(17)25-23(29)24(2)16-26-19(21-10-6-15-31-21)11-12-20(26)22(28)27(24)13-7-14-30-3/h6,10-12,15,17-18H,4-5,7-9,13-14,16H2,1-3H3,(H,25,29)/t17-,18+,24-/m1/s1. The highest BCUT2D eigenvalue weighted by Gasteiger charge is 2.48. The number of hydrogen-bond acceptors (Lipinski definition) is 4. The quantitative estimate of drug-likeness (QED) is 0.684. The summed E-state index contributed by atoms with van der Waals surface area (Å²) in [5, 5.41) is 3.30. The number of nitrogens with zero attached hydrogens (tertiary/aromatic N) is 2. The summed E-state index contributed by atoms with van der Waals surface area (Å²) >= 11 is 0. The van der Waals surface area contributed by atoms with E-state index in [2.05, 4.69) is 12.2 Å². The molecule has 168 valence electrons. The van der Waals surface area contributed by atoms with Crippen molar-refractivity contribution < 1.29 is 18.7 Å². The van der Waals surface area contributed by atoms with Crippen LogP contribution in [-0.2, 0) is 16.1 Å². The molecule has 1 fully saturated rings. The van der Waals surface area contributed by atoms with Crippen LogP contribution in [0.2, 0.25) is 0 Å². The molecule has 1 aliphatic heterocycles. The van der Waals surface area contributed by atoms with Gasteiger partial charge in [0.15, 0.2) is 0 Å². The maximum absolute atomic E-state index is 13.7. The fourth-order valence-corrected chi connectivity index (χ4v) is 4.98. The number of hydrogen-bond donors (Lipinski definition) is 1. The zero-order valence-corrected chi connectivity index (χ0v) is 18.7. The second-order valence-corrected chi connectivity index (χ2v) is 9.09. The van der Waals surface area contributed by atoms with E-state index < -0.39 is 5.54 Å². The van der Waals surface area contributed by atoms with Crippen molar-refractivity contribution in [1.82, 2.24) is 14.8 Å². The Bertz CT molecular complexity index is 919. The number of nitrogens with one attached hydrogen (secondary N) is 1. The maximum Gasteiger partial charge on any atom is 0.271 e. The maximum atomic E-state index is 13.7. The molecule has 0 bridgehead atoms. The molecular formula is C24H33N3O4. The third kappa shape index (κ3) is 4.03. The first-order chi connectivity index (χ1) is 15.0. The zero-order valence-electron chi connectivity index (χ0n) is 18.7. The molecule has 0 saturated heterocycles. The Morgan fingerprint density at radius 1 is 1.26 bits per heavy atom. The molecule has 2 aromatic heterocycles. The highest BCUT2D eigenvalue weighted by molar-refractivity contribution is 6.00. The van der Waals surface area contributed by atoms with Gasteiger partial charge in [-0.3, -0.25) is 9.59 Å². The molecular weight excluding hydrogens is 394 g/mol. The number of fused-ring (bicyclic) bond motifs is 1. The van der Waals surface area contributed by atoms with E-state index in [1.165, 1.54) is 6.42 Å². The highest BCUT2D eigenvalue weighted by Crippen LogP contribution is 2.34. The van der Waals surface area contributed by atoms with Gasteiger partial charge in [0.2, 0.25) is 5.91 Å². The molecule has 2 amide bonds. The number of furan rings is 1. The number of aromatic nitrogens is 1. The SMILES string of the molecule is COCCCN1C(=O)c2ccc(-c3ccco3)n2C[C@]1(C)C(=O)N[C@H]1CCCC[C@H]1C.